The number of cyclic esters (lactones) is 1. The third-order valence-electron chi connectivity index (χ3n) is 6.07. The van der Waals surface area contributed by atoms with Gasteiger partial charge < -0.3 is 14.4 Å². The summed E-state index contributed by atoms with van der Waals surface area (Å²) in [6.07, 6.45) is 3.10. The van der Waals surface area contributed by atoms with Gasteiger partial charge in [-0.1, -0.05) is 6.07 Å². The first-order valence-corrected chi connectivity index (χ1v) is 10.2. The largest absolute Gasteiger partial charge is 0.474 e. The van der Waals surface area contributed by atoms with E-state index in [0.717, 1.165) is 24.1 Å². The number of likely N-dealkylation sites (tertiary alicyclic amines) is 1. The monoisotopic (exact) mass is 409 g/mol. The molecule has 0 saturated carbocycles. The number of nitriles is 1. The topological polar surface area (TPSA) is 75.4 Å². The number of hydrogen-bond donors (Lipinski definition) is 0. The summed E-state index contributed by atoms with van der Waals surface area (Å²) in [5.74, 6) is 0.0939. The molecule has 6 nitrogen and oxygen atoms in total. The first kappa shape index (κ1) is 20.3. The minimum absolute atomic E-state index is 0.0301. The molecule has 1 saturated heterocycles. The predicted octanol–water partition coefficient (Wildman–Crippen LogP) is 3.36. The molecule has 1 fully saturated rings. The van der Waals surface area contributed by atoms with E-state index in [-0.39, 0.29) is 12.6 Å². The van der Waals surface area contributed by atoms with Crippen LogP contribution in [0.3, 0.4) is 0 Å². The van der Waals surface area contributed by atoms with Crippen LogP contribution in [-0.4, -0.2) is 47.8 Å². The molecule has 0 atom stereocenters. The molecular formula is C23H24FN3O3. The van der Waals surface area contributed by atoms with Crippen molar-refractivity contribution in [1.29, 1.82) is 5.26 Å². The number of ether oxygens (including phenoxy) is 2. The van der Waals surface area contributed by atoms with Gasteiger partial charge in [-0.25, -0.2) is 14.2 Å². The summed E-state index contributed by atoms with van der Waals surface area (Å²) in [4.78, 5) is 18.0. The van der Waals surface area contributed by atoms with Crippen molar-refractivity contribution in [1.82, 2.24) is 9.88 Å². The van der Waals surface area contributed by atoms with Crippen molar-refractivity contribution in [3.05, 3.63) is 58.3 Å². The molecule has 0 N–H and O–H groups in total. The van der Waals surface area contributed by atoms with Crippen molar-refractivity contribution in [3.63, 3.8) is 0 Å². The number of aromatic nitrogens is 1. The third kappa shape index (κ3) is 4.29. The summed E-state index contributed by atoms with van der Waals surface area (Å²) in [7, 11) is 0. The molecule has 156 valence electrons. The molecule has 1 aromatic carbocycles. The molecular weight excluding hydrogens is 385 g/mol. The van der Waals surface area contributed by atoms with Crippen molar-refractivity contribution >= 4 is 5.97 Å². The number of esters is 1. The summed E-state index contributed by atoms with van der Waals surface area (Å²) in [5.41, 5.74) is 3.08. The highest BCUT2D eigenvalue weighted by molar-refractivity contribution is 5.93. The number of piperidine rings is 1. The van der Waals surface area contributed by atoms with Gasteiger partial charge in [0.05, 0.1) is 11.1 Å². The Labute approximate surface area is 175 Å². The fraction of sp³-hybridized carbons (Fsp3) is 0.435. The Balaban J connectivity index is 1.26. The van der Waals surface area contributed by atoms with E-state index in [1.54, 1.807) is 12.1 Å². The van der Waals surface area contributed by atoms with E-state index in [4.69, 9.17) is 14.7 Å². The first-order chi connectivity index (χ1) is 14.5. The molecule has 30 heavy (non-hydrogen) atoms. The number of pyridine rings is 1. The summed E-state index contributed by atoms with van der Waals surface area (Å²) >= 11 is 0. The molecule has 1 aromatic heterocycles. The molecule has 0 radical (unpaired) electrons. The van der Waals surface area contributed by atoms with E-state index in [2.05, 4.69) is 9.88 Å². The van der Waals surface area contributed by atoms with Crippen LogP contribution in [0.2, 0.25) is 0 Å². The maximum absolute atomic E-state index is 15.1. The number of fused-ring (bicyclic) bond motifs is 1. The van der Waals surface area contributed by atoms with Crippen molar-refractivity contribution < 1.29 is 18.7 Å². The fourth-order valence-corrected chi connectivity index (χ4v) is 4.00. The number of rotatable bonds is 6. The maximum atomic E-state index is 15.1. The number of halogens is 1. The number of benzene rings is 1. The van der Waals surface area contributed by atoms with Gasteiger partial charge in [0.1, 0.15) is 25.0 Å². The standard InChI is InChI=1S/C23H24FN3O3/c1-16-18(3-4-19-20(16)14-29-22(19)28)6-9-27-10-7-23(24,8-11-27)15-30-21-5-2-17(12-25)13-26-21/h2-5,13H,6-11,14-15H2,1H3. The van der Waals surface area contributed by atoms with E-state index in [9.17, 15) is 4.79 Å². The van der Waals surface area contributed by atoms with Crippen LogP contribution in [-0.2, 0) is 17.8 Å². The van der Waals surface area contributed by atoms with Crippen LogP contribution >= 0.6 is 0 Å². The second-order valence-corrected chi connectivity index (χ2v) is 7.98. The van der Waals surface area contributed by atoms with Gasteiger partial charge in [-0.3, -0.25) is 0 Å². The van der Waals surface area contributed by atoms with E-state index in [1.165, 1.54) is 11.8 Å². The molecule has 0 unspecified atom stereocenters. The predicted molar refractivity (Wildman–Crippen MR) is 108 cm³/mol. The van der Waals surface area contributed by atoms with E-state index in [0.29, 0.717) is 49.5 Å². The highest BCUT2D eigenvalue weighted by Gasteiger charge is 2.35. The molecule has 0 aliphatic carbocycles. The van der Waals surface area contributed by atoms with Crippen LogP contribution in [0.5, 0.6) is 5.88 Å². The zero-order valence-corrected chi connectivity index (χ0v) is 17.0. The quantitative estimate of drug-likeness (QED) is 0.681. The van der Waals surface area contributed by atoms with Crippen molar-refractivity contribution in [3.8, 4) is 11.9 Å². The Morgan fingerprint density at radius 1 is 1.30 bits per heavy atom. The first-order valence-electron chi connectivity index (χ1n) is 10.2. The van der Waals surface area contributed by atoms with Crippen LogP contribution in [0.15, 0.2) is 30.5 Å². The summed E-state index contributed by atoms with van der Waals surface area (Å²) in [6, 6.07) is 9.05. The van der Waals surface area contributed by atoms with E-state index in [1.807, 2.05) is 25.1 Å². The number of alkyl halides is 1. The fourth-order valence-electron chi connectivity index (χ4n) is 4.00. The second kappa shape index (κ2) is 8.41. The van der Waals surface area contributed by atoms with Gasteiger partial charge in [0, 0.05) is 37.5 Å². The van der Waals surface area contributed by atoms with Crippen LogP contribution in [0.4, 0.5) is 4.39 Å². The number of carbonyl (C=O) groups excluding carboxylic acids is 1. The molecule has 2 aliphatic rings. The Kier molecular flexibility index (Phi) is 5.69. The Morgan fingerprint density at radius 2 is 2.10 bits per heavy atom. The van der Waals surface area contributed by atoms with Gasteiger partial charge in [0.15, 0.2) is 0 Å². The van der Waals surface area contributed by atoms with Gasteiger partial charge in [0.25, 0.3) is 0 Å². The molecule has 0 bridgehead atoms. The van der Waals surface area contributed by atoms with Crippen LogP contribution in [0, 0.1) is 18.3 Å². The molecule has 4 rings (SSSR count). The average molecular weight is 409 g/mol. The van der Waals surface area contributed by atoms with E-state index < -0.39 is 5.67 Å². The normalized spacial score (nSPS) is 17.8. The van der Waals surface area contributed by atoms with Crippen LogP contribution in [0.25, 0.3) is 0 Å². The summed E-state index contributed by atoms with van der Waals surface area (Å²) < 4.78 is 25.8. The Bertz CT molecular complexity index is 976. The number of carbonyl (C=O) groups is 1. The summed E-state index contributed by atoms with van der Waals surface area (Å²) in [5, 5.41) is 8.80. The number of nitrogens with zero attached hydrogens (tertiary/aromatic N) is 3. The van der Waals surface area contributed by atoms with Crippen LogP contribution in [0.1, 0.15) is 45.5 Å². The lowest BCUT2D eigenvalue weighted by Gasteiger charge is -2.36. The number of hydrogen-bond acceptors (Lipinski definition) is 6. The van der Waals surface area contributed by atoms with Gasteiger partial charge in [0.2, 0.25) is 5.88 Å². The minimum atomic E-state index is -1.37. The zero-order chi connectivity index (χ0) is 21.1. The summed E-state index contributed by atoms with van der Waals surface area (Å²) in [6.45, 7) is 4.56. The van der Waals surface area contributed by atoms with Gasteiger partial charge in [-0.05, 0) is 49.4 Å². The molecule has 2 aliphatic heterocycles. The van der Waals surface area contributed by atoms with E-state index >= 15 is 4.39 Å². The van der Waals surface area contributed by atoms with Gasteiger partial charge in [-0.15, -0.1) is 0 Å². The highest BCUT2D eigenvalue weighted by Crippen LogP contribution is 2.29. The lowest BCUT2D eigenvalue weighted by molar-refractivity contribution is 0.0164. The second-order valence-electron chi connectivity index (χ2n) is 7.98. The maximum Gasteiger partial charge on any atom is 0.338 e. The molecule has 2 aromatic rings. The van der Waals surface area contributed by atoms with Crippen LogP contribution < -0.4 is 4.74 Å². The van der Waals surface area contributed by atoms with Gasteiger partial charge in [-0.2, -0.15) is 5.26 Å². The lowest BCUT2D eigenvalue weighted by atomic mass is 9.93. The molecule has 7 heteroatoms. The molecule has 0 amide bonds. The van der Waals surface area contributed by atoms with Crippen molar-refractivity contribution in [2.75, 3.05) is 26.2 Å². The lowest BCUT2D eigenvalue weighted by Crippen LogP contribution is -2.45. The average Bonchev–Trinajstić information content (AvgIpc) is 3.15. The Hall–Kier alpha value is -2.98. The van der Waals surface area contributed by atoms with Crippen molar-refractivity contribution in [2.45, 2.75) is 38.5 Å². The van der Waals surface area contributed by atoms with Crippen molar-refractivity contribution in [2.24, 2.45) is 0 Å². The SMILES string of the molecule is Cc1c(CCN2CCC(F)(COc3ccc(C#N)cn3)CC2)ccc2c1COC2=O. The highest BCUT2D eigenvalue weighted by atomic mass is 19.1. The third-order valence-corrected chi connectivity index (χ3v) is 6.07. The Morgan fingerprint density at radius 3 is 2.80 bits per heavy atom. The smallest absolute Gasteiger partial charge is 0.338 e. The molecule has 3 heterocycles. The van der Waals surface area contributed by atoms with Gasteiger partial charge >= 0.3 is 5.97 Å². The molecule has 0 spiro atoms. The zero-order valence-electron chi connectivity index (χ0n) is 17.0. The minimum Gasteiger partial charge on any atom is -0.474 e.